The molecule has 0 rings (SSSR count). The zero-order chi connectivity index (χ0) is 13.1. The summed E-state index contributed by atoms with van der Waals surface area (Å²) < 4.78 is 0. The van der Waals surface area contributed by atoms with Crippen LogP contribution in [-0.2, 0) is 0 Å². The highest BCUT2D eigenvalue weighted by molar-refractivity contribution is 4.91. The largest absolute Gasteiger partial charge is 0.396 e. The van der Waals surface area contributed by atoms with Crippen LogP contribution in [0.15, 0.2) is 38.0 Å². The first-order valence-electron chi connectivity index (χ1n) is 6.31. The Morgan fingerprint density at radius 3 is 1.29 bits per heavy atom. The molecule has 0 heterocycles. The molecule has 0 aliphatic rings. The van der Waals surface area contributed by atoms with Gasteiger partial charge in [-0.1, -0.05) is 18.2 Å². The summed E-state index contributed by atoms with van der Waals surface area (Å²) in [7, 11) is 0. The van der Waals surface area contributed by atoms with Gasteiger partial charge in [0, 0.05) is 13.2 Å². The first-order valence-corrected chi connectivity index (χ1v) is 6.31. The van der Waals surface area contributed by atoms with Crippen molar-refractivity contribution in [3.8, 4) is 0 Å². The van der Waals surface area contributed by atoms with Gasteiger partial charge in [-0.2, -0.15) is 0 Å². The van der Waals surface area contributed by atoms with Gasteiger partial charge in [-0.3, -0.25) is 0 Å². The number of rotatable bonds is 11. The minimum absolute atomic E-state index is 0.197. The molecule has 2 atom stereocenters. The molecular formula is C15H26O2. The fourth-order valence-electron chi connectivity index (χ4n) is 2.06. The van der Waals surface area contributed by atoms with Crippen molar-refractivity contribution < 1.29 is 10.2 Å². The van der Waals surface area contributed by atoms with Crippen molar-refractivity contribution in [1.82, 2.24) is 0 Å². The van der Waals surface area contributed by atoms with E-state index in [0.717, 1.165) is 25.7 Å². The van der Waals surface area contributed by atoms with E-state index in [4.69, 9.17) is 10.2 Å². The highest BCUT2D eigenvalue weighted by Crippen LogP contribution is 2.25. The Hall–Kier alpha value is -0.860. The molecule has 2 nitrogen and oxygen atoms in total. The van der Waals surface area contributed by atoms with Crippen LogP contribution < -0.4 is 0 Å². The van der Waals surface area contributed by atoms with Crippen molar-refractivity contribution in [2.75, 3.05) is 13.2 Å². The van der Waals surface area contributed by atoms with Crippen LogP contribution in [-0.4, -0.2) is 23.4 Å². The minimum atomic E-state index is 0.197. The highest BCUT2D eigenvalue weighted by Gasteiger charge is 2.15. The lowest BCUT2D eigenvalue weighted by Gasteiger charge is -2.21. The van der Waals surface area contributed by atoms with Crippen LogP contribution in [0.1, 0.15) is 25.7 Å². The molecule has 0 aromatic carbocycles. The summed E-state index contributed by atoms with van der Waals surface area (Å²) in [6.07, 6.45) is 9.21. The van der Waals surface area contributed by atoms with Crippen LogP contribution in [0.2, 0.25) is 0 Å². The van der Waals surface area contributed by atoms with Crippen LogP contribution in [0.4, 0.5) is 0 Å². The summed E-state index contributed by atoms with van der Waals surface area (Å²) in [5.74, 6) is 1.06. The molecule has 0 spiro atoms. The van der Waals surface area contributed by atoms with Gasteiger partial charge in [-0.25, -0.2) is 0 Å². The molecule has 0 aliphatic carbocycles. The topological polar surface area (TPSA) is 40.5 Å². The summed E-state index contributed by atoms with van der Waals surface area (Å²) in [6, 6.07) is 0. The van der Waals surface area contributed by atoms with Gasteiger partial charge in [0.1, 0.15) is 0 Å². The summed E-state index contributed by atoms with van der Waals surface area (Å²) in [6.45, 7) is 11.8. The maximum Gasteiger partial charge on any atom is 0.0436 e. The molecule has 0 aliphatic heterocycles. The van der Waals surface area contributed by atoms with Gasteiger partial charge in [0.05, 0.1) is 0 Å². The second-order valence-electron chi connectivity index (χ2n) is 4.48. The average Bonchev–Trinajstić information content (AvgIpc) is 2.36. The lowest BCUT2D eigenvalue weighted by atomic mass is 9.85. The second-order valence-corrected chi connectivity index (χ2v) is 4.48. The molecule has 2 unspecified atom stereocenters. The Balaban J connectivity index is 4.24. The molecule has 2 heteroatoms. The van der Waals surface area contributed by atoms with E-state index in [-0.39, 0.29) is 13.2 Å². The Morgan fingerprint density at radius 2 is 1.06 bits per heavy atom. The normalized spacial score (nSPS) is 15.9. The third-order valence-corrected chi connectivity index (χ3v) is 3.21. The van der Waals surface area contributed by atoms with Crippen molar-refractivity contribution in [1.29, 1.82) is 0 Å². The van der Waals surface area contributed by atoms with Crippen LogP contribution in [0, 0.1) is 17.8 Å². The lowest BCUT2D eigenvalue weighted by Crippen LogP contribution is -2.11. The number of aliphatic hydroxyl groups is 2. The number of hydrogen-bond donors (Lipinski definition) is 2. The first-order chi connectivity index (χ1) is 8.21. The predicted molar refractivity (Wildman–Crippen MR) is 73.7 cm³/mol. The SMILES string of the molecule is C=CC(CCO)CC(C=C)CC(C=C)CCO. The Bertz CT molecular complexity index is 203. The van der Waals surface area contributed by atoms with E-state index in [1.54, 1.807) is 0 Å². The lowest BCUT2D eigenvalue weighted by molar-refractivity contribution is 0.246. The van der Waals surface area contributed by atoms with Crippen LogP contribution in [0.25, 0.3) is 0 Å². The van der Waals surface area contributed by atoms with E-state index in [0.29, 0.717) is 17.8 Å². The molecule has 98 valence electrons. The van der Waals surface area contributed by atoms with Gasteiger partial charge in [0.15, 0.2) is 0 Å². The zero-order valence-corrected chi connectivity index (χ0v) is 10.7. The third-order valence-electron chi connectivity index (χ3n) is 3.21. The molecule has 2 N–H and O–H groups in total. The smallest absolute Gasteiger partial charge is 0.0436 e. The number of allylic oxidation sites excluding steroid dienone is 3. The van der Waals surface area contributed by atoms with Crippen LogP contribution >= 0.6 is 0 Å². The Kier molecular flexibility index (Phi) is 9.78. The summed E-state index contributed by atoms with van der Waals surface area (Å²) in [5, 5.41) is 17.9. The Labute approximate surface area is 105 Å². The van der Waals surface area contributed by atoms with Crippen LogP contribution in [0.3, 0.4) is 0 Å². The predicted octanol–water partition coefficient (Wildman–Crippen LogP) is 2.94. The molecule has 0 saturated heterocycles. The van der Waals surface area contributed by atoms with Gasteiger partial charge >= 0.3 is 0 Å². The summed E-state index contributed by atoms with van der Waals surface area (Å²) >= 11 is 0. The van der Waals surface area contributed by atoms with Gasteiger partial charge in [0.25, 0.3) is 0 Å². The zero-order valence-electron chi connectivity index (χ0n) is 10.7. The average molecular weight is 238 g/mol. The van der Waals surface area contributed by atoms with E-state index < -0.39 is 0 Å². The van der Waals surface area contributed by atoms with E-state index >= 15 is 0 Å². The monoisotopic (exact) mass is 238 g/mol. The molecule has 0 fully saturated rings. The van der Waals surface area contributed by atoms with E-state index in [1.165, 1.54) is 0 Å². The molecule has 0 aromatic rings. The van der Waals surface area contributed by atoms with E-state index in [1.807, 2.05) is 18.2 Å². The first kappa shape index (κ1) is 16.1. The van der Waals surface area contributed by atoms with Crippen molar-refractivity contribution in [2.45, 2.75) is 25.7 Å². The van der Waals surface area contributed by atoms with Crippen molar-refractivity contribution >= 4 is 0 Å². The fraction of sp³-hybridized carbons (Fsp3) is 0.600. The van der Waals surface area contributed by atoms with Gasteiger partial charge in [-0.15, -0.1) is 19.7 Å². The highest BCUT2D eigenvalue weighted by atomic mass is 16.3. The maximum absolute atomic E-state index is 8.94. The van der Waals surface area contributed by atoms with Gasteiger partial charge in [0.2, 0.25) is 0 Å². The summed E-state index contributed by atoms with van der Waals surface area (Å²) in [4.78, 5) is 0. The van der Waals surface area contributed by atoms with Crippen molar-refractivity contribution in [2.24, 2.45) is 17.8 Å². The number of aliphatic hydroxyl groups excluding tert-OH is 2. The molecular weight excluding hydrogens is 212 g/mol. The molecule has 0 saturated carbocycles. The molecule has 0 bridgehead atoms. The van der Waals surface area contributed by atoms with E-state index in [9.17, 15) is 0 Å². The van der Waals surface area contributed by atoms with Crippen molar-refractivity contribution in [3.63, 3.8) is 0 Å². The quantitative estimate of drug-likeness (QED) is 0.543. The maximum atomic E-state index is 8.94. The summed E-state index contributed by atoms with van der Waals surface area (Å²) in [5.41, 5.74) is 0. The standard InChI is InChI=1S/C15H26O2/c1-4-13(7-9-16)11-15(6-3)12-14(5-2)8-10-17/h4-6,13-17H,1-3,7-12H2. The third kappa shape index (κ3) is 7.14. The van der Waals surface area contributed by atoms with Gasteiger partial charge in [-0.05, 0) is 43.4 Å². The minimum Gasteiger partial charge on any atom is -0.396 e. The van der Waals surface area contributed by atoms with E-state index in [2.05, 4.69) is 19.7 Å². The van der Waals surface area contributed by atoms with Crippen molar-refractivity contribution in [3.05, 3.63) is 38.0 Å². The van der Waals surface area contributed by atoms with Gasteiger partial charge < -0.3 is 10.2 Å². The molecule has 0 aromatic heterocycles. The Morgan fingerprint density at radius 1 is 0.706 bits per heavy atom. The molecule has 0 amide bonds. The fourth-order valence-corrected chi connectivity index (χ4v) is 2.06. The van der Waals surface area contributed by atoms with Crippen LogP contribution in [0.5, 0.6) is 0 Å². The molecule has 0 radical (unpaired) electrons. The molecule has 17 heavy (non-hydrogen) atoms. The second kappa shape index (κ2) is 10.3. The number of hydrogen-bond acceptors (Lipinski definition) is 2.